The summed E-state index contributed by atoms with van der Waals surface area (Å²) in [5, 5.41) is 9.74. The lowest BCUT2D eigenvalue weighted by molar-refractivity contribution is -0.142. The Labute approximate surface area is 206 Å². The highest BCUT2D eigenvalue weighted by atomic mass is 16.5. The smallest absolute Gasteiger partial charge is 0.321 e. The summed E-state index contributed by atoms with van der Waals surface area (Å²) in [6, 6.07) is 16.6. The van der Waals surface area contributed by atoms with Gasteiger partial charge in [0, 0.05) is 0 Å². The van der Waals surface area contributed by atoms with E-state index in [0.717, 1.165) is 68.9 Å². The van der Waals surface area contributed by atoms with Gasteiger partial charge in [0.1, 0.15) is 11.8 Å². The van der Waals surface area contributed by atoms with Gasteiger partial charge in [-0.15, -0.1) is 0 Å². The maximum atomic E-state index is 13.7. The van der Waals surface area contributed by atoms with Crippen molar-refractivity contribution in [3.8, 4) is 11.8 Å². The molecule has 3 heteroatoms. The van der Waals surface area contributed by atoms with Gasteiger partial charge in [0.15, 0.2) is 0 Å². The van der Waals surface area contributed by atoms with E-state index in [0.29, 0.717) is 17.2 Å². The van der Waals surface area contributed by atoms with E-state index in [1.165, 1.54) is 24.8 Å². The molecule has 0 radical (unpaired) electrons. The normalized spacial score (nSPS) is 15.9. The predicted octanol–water partition coefficient (Wildman–Crippen LogP) is 8.08. The summed E-state index contributed by atoms with van der Waals surface area (Å²) in [5.41, 5.74) is 3.33. The quantitative estimate of drug-likeness (QED) is 0.194. The molecule has 1 aliphatic rings. The van der Waals surface area contributed by atoms with Crippen LogP contribution in [0.3, 0.4) is 0 Å². The molecular weight excluding hydrogens is 418 g/mol. The molecule has 1 fully saturated rings. The Bertz CT molecular complexity index is 964. The monoisotopic (exact) mass is 459 g/mol. The van der Waals surface area contributed by atoms with Gasteiger partial charge in [-0.3, -0.25) is 4.79 Å². The molecule has 34 heavy (non-hydrogen) atoms. The van der Waals surface area contributed by atoms with Crippen LogP contribution in [0.2, 0.25) is 0 Å². The number of aryl methyl sites for hydroxylation is 1. The fourth-order valence-electron chi connectivity index (χ4n) is 5.14. The molecule has 182 valence electrons. The number of carbonyl (C=O) groups is 1. The average Bonchev–Trinajstić information content (AvgIpc) is 2.88. The van der Waals surface area contributed by atoms with Crippen molar-refractivity contribution in [2.75, 3.05) is 0 Å². The largest absolute Gasteiger partial charge is 0.424 e. The van der Waals surface area contributed by atoms with Gasteiger partial charge in [0.2, 0.25) is 0 Å². The Balaban J connectivity index is 1.79. The third kappa shape index (κ3) is 6.50. The van der Waals surface area contributed by atoms with E-state index >= 15 is 0 Å². The molecule has 1 aliphatic carbocycles. The topological polar surface area (TPSA) is 50.1 Å². The van der Waals surface area contributed by atoms with Crippen molar-refractivity contribution in [1.29, 1.82) is 5.26 Å². The second-order valence-corrected chi connectivity index (χ2v) is 10.2. The van der Waals surface area contributed by atoms with Gasteiger partial charge >= 0.3 is 5.97 Å². The first-order valence-corrected chi connectivity index (χ1v) is 13.4. The number of carbonyl (C=O) groups excluding carboxylic acids is 1. The number of benzene rings is 2. The van der Waals surface area contributed by atoms with Crippen molar-refractivity contribution in [3.05, 3.63) is 64.7 Å². The highest BCUT2D eigenvalue weighted by molar-refractivity contribution is 5.85. The van der Waals surface area contributed by atoms with E-state index in [1.807, 2.05) is 18.2 Å². The fraction of sp³-hybridized carbons (Fsp3) is 0.548. The molecule has 0 N–H and O–H groups in total. The van der Waals surface area contributed by atoms with Gasteiger partial charge in [0.25, 0.3) is 0 Å². The van der Waals surface area contributed by atoms with Crippen LogP contribution in [-0.2, 0) is 23.1 Å². The molecule has 2 aromatic rings. The van der Waals surface area contributed by atoms with E-state index < -0.39 is 5.41 Å². The minimum atomic E-state index is -0.626. The zero-order valence-electron chi connectivity index (χ0n) is 21.4. The van der Waals surface area contributed by atoms with Crippen LogP contribution in [0, 0.1) is 17.2 Å². The zero-order chi connectivity index (χ0) is 24.4. The molecule has 1 atom stereocenters. The van der Waals surface area contributed by atoms with Crippen LogP contribution in [0.1, 0.15) is 107 Å². The first-order valence-electron chi connectivity index (χ1n) is 13.4. The molecule has 0 aromatic heterocycles. The number of hydrogen-bond donors (Lipinski definition) is 0. The van der Waals surface area contributed by atoms with E-state index in [9.17, 15) is 10.1 Å². The number of hydrogen-bond acceptors (Lipinski definition) is 3. The highest BCUT2D eigenvalue weighted by Crippen LogP contribution is 2.41. The summed E-state index contributed by atoms with van der Waals surface area (Å²) >= 11 is 0. The summed E-state index contributed by atoms with van der Waals surface area (Å²) in [4.78, 5) is 13.7. The maximum Gasteiger partial charge on any atom is 0.321 e. The molecule has 3 rings (SSSR count). The first-order chi connectivity index (χ1) is 16.5. The summed E-state index contributed by atoms with van der Waals surface area (Å²) < 4.78 is 5.98. The molecule has 0 saturated heterocycles. The van der Waals surface area contributed by atoms with Gasteiger partial charge in [-0.1, -0.05) is 96.0 Å². The average molecular weight is 460 g/mol. The van der Waals surface area contributed by atoms with Crippen molar-refractivity contribution in [1.82, 2.24) is 0 Å². The zero-order valence-corrected chi connectivity index (χ0v) is 21.4. The first kappa shape index (κ1) is 26.0. The summed E-state index contributed by atoms with van der Waals surface area (Å²) in [6.45, 7) is 6.70. The van der Waals surface area contributed by atoms with Crippen molar-refractivity contribution < 1.29 is 9.53 Å². The molecule has 1 saturated carbocycles. The van der Waals surface area contributed by atoms with Crippen LogP contribution in [0.15, 0.2) is 42.5 Å². The minimum Gasteiger partial charge on any atom is -0.424 e. The predicted molar refractivity (Wildman–Crippen MR) is 139 cm³/mol. The lowest BCUT2D eigenvalue weighted by atomic mass is 9.69. The third-order valence-electron chi connectivity index (χ3n) is 7.57. The fourth-order valence-corrected chi connectivity index (χ4v) is 5.14. The number of esters is 1. The van der Waals surface area contributed by atoms with Gasteiger partial charge in [-0.25, -0.2) is 0 Å². The van der Waals surface area contributed by atoms with Crippen molar-refractivity contribution in [2.24, 2.45) is 5.92 Å². The minimum absolute atomic E-state index is 0.214. The molecule has 0 amide bonds. The van der Waals surface area contributed by atoms with E-state index in [2.05, 4.69) is 51.1 Å². The molecule has 0 heterocycles. The Hall–Kier alpha value is -2.60. The van der Waals surface area contributed by atoms with Gasteiger partial charge in [0.05, 0.1) is 11.0 Å². The number of nitrogens with zero attached hydrogens (tertiary/aromatic N) is 1. The number of nitriles is 1. The molecule has 0 spiro atoms. The van der Waals surface area contributed by atoms with E-state index in [1.54, 1.807) is 0 Å². The van der Waals surface area contributed by atoms with Gasteiger partial charge in [-0.2, -0.15) is 5.26 Å². The van der Waals surface area contributed by atoms with Crippen molar-refractivity contribution >= 4 is 5.97 Å². The molecule has 3 nitrogen and oxygen atoms in total. The lowest BCUT2D eigenvalue weighted by Crippen LogP contribution is -2.41. The number of unbranched alkanes of at least 4 members (excludes halogenated alkanes) is 3. The van der Waals surface area contributed by atoms with Crippen molar-refractivity contribution in [3.63, 3.8) is 0 Å². The highest BCUT2D eigenvalue weighted by Gasteiger charge is 2.43. The van der Waals surface area contributed by atoms with Crippen LogP contribution in [0.5, 0.6) is 5.75 Å². The number of ether oxygens (including phenoxy) is 1. The van der Waals surface area contributed by atoms with Gasteiger partial charge in [-0.05, 0) is 66.8 Å². The summed E-state index contributed by atoms with van der Waals surface area (Å²) in [7, 11) is 0. The third-order valence-corrected chi connectivity index (χ3v) is 7.57. The maximum absolute atomic E-state index is 13.7. The Kier molecular flexibility index (Phi) is 9.75. The number of rotatable bonds is 11. The molecule has 0 bridgehead atoms. The lowest BCUT2D eigenvalue weighted by Gasteiger charge is -2.35. The van der Waals surface area contributed by atoms with Crippen LogP contribution in [0.4, 0.5) is 0 Å². The van der Waals surface area contributed by atoms with Crippen molar-refractivity contribution in [2.45, 2.75) is 103 Å². The summed E-state index contributed by atoms with van der Waals surface area (Å²) in [5.74, 6) is 0.829. The second-order valence-electron chi connectivity index (χ2n) is 10.2. The molecule has 1 unspecified atom stereocenters. The second kappa shape index (κ2) is 12.7. The van der Waals surface area contributed by atoms with E-state index in [-0.39, 0.29) is 5.97 Å². The Morgan fingerprint density at radius 1 is 1.00 bits per heavy atom. The molecular formula is C31H41NO2. The van der Waals surface area contributed by atoms with Crippen LogP contribution in [0.25, 0.3) is 0 Å². The Morgan fingerprint density at radius 3 is 2.35 bits per heavy atom. The van der Waals surface area contributed by atoms with Crippen LogP contribution < -0.4 is 4.74 Å². The SMILES string of the molecule is CCCCCCc1ccc(OC(=O)C2(c3ccc(CC(C)CC)cc3)CCCCC2)c(C#N)c1. The molecule has 0 aliphatic heterocycles. The standard InChI is InChI=1S/C31H41NO2/c1-4-6-7-9-12-25-15-18-29(27(22-25)23-32)34-30(33)31(19-10-8-11-20-31)28-16-13-26(14-17-28)21-24(3)5-2/h13-18,22,24H,4-12,19-21H2,1-3H3. The molecule has 2 aromatic carbocycles. The van der Waals surface area contributed by atoms with Crippen LogP contribution in [-0.4, -0.2) is 5.97 Å². The Morgan fingerprint density at radius 2 is 1.71 bits per heavy atom. The summed E-state index contributed by atoms with van der Waals surface area (Å²) in [6.07, 6.45) is 12.7. The van der Waals surface area contributed by atoms with E-state index in [4.69, 9.17) is 4.74 Å². The van der Waals surface area contributed by atoms with Crippen LogP contribution >= 0.6 is 0 Å². The van der Waals surface area contributed by atoms with Gasteiger partial charge < -0.3 is 4.74 Å².